The van der Waals surface area contributed by atoms with Crippen LogP contribution in [0, 0.1) is 0 Å². The van der Waals surface area contributed by atoms with Crippen molar-refractivity contribution in [2.24, 2.45) is 0 Å². The summed E-state index contributed by atoms with van der Waals surface area (Å²) in [5, 5.41) is 3.05. The van der Waals surface area contributed by atoms with Crippen molar-refractivity contribution < 1.29 is 37.3 Å². The van der Waals surface area contributed by atoms with Gasteiger partial charge in [0.1, 0.15) is 19.3 Å². The number of quaternary nitrogens is 1. The Bertz CT molecular complexity index is 1760. The van der Waals surface area contributed by atoms with Crippen LogP contribution in [0.1, 0.15) is 342 Å². The summed E-state index contributed by atoms with van der Waals surface area (Å²) in [5.74, 6) is -0.539. The van der Waals surface area contributed by atoms with Gasteiger partial charge in [0.2, 0.25) is 5.91 Å². The maximum Gasteiger partial charge on any atom is 0.306 e. The summed E-state index contributed by atoms with van der Waals surface area (Å²) in [6, 6.07) is -0.894. The van der Waals surface area contributed by atoms with Crippen LogP contribution in [0.4, 0.5) is 0 Å². The third kappa shape index (κ3) is 67.4. The number of nitrogens with zero attached hydrogens (tertiary/aromatic N) is 1. The molecule has 87 heavy (non-hydrogen) atoms. The van der Waals surface area contributed by atoms with Gasteiger partial charge in [0.15, 0.2) is 0 Å². The van der Waals surface area contributed by atoms with Gasteiger partial charge in [0.05, 0.1) is 33.8 Å². The molecule has 0 spiro atoms. The molecule has 0 aliphatic rings. The molecule has 506 valence electrons. The van der Waals surface area contributed by atoms with Gasteiger partial charge in [0.25, 0.3) is 7.82 Å². The number of unbranched alkanes of at least 4 members (excludes halogenated alkanes) is 39. The normalized spacial score (nSPS) is 14.0. The molecule has 0 aromatic rings. The van der Waals surface area contributed by atoms with Gasteiger partial charge in [0, 0.05) is 12.8 Å². The van der Waals surface area contributed by atoms with E-state index in [1.807, 2.05) is 33.3 Å². The Balaban J connectivity index is 4.98. The van der Waals surface area contributed by atoms with Crippen LogP contribution in [0.15, 0.2) is 85.1 Å². The summed E-state index contributed by atoms with van der Waals surface area (Å²) in [5.41, 5.74) is 0. The van der Waals surface area contributed by atoms with Gasteiger partial charge in [-0.25, -0.2) is 0 Å². The number of carbonyl (C=O) groups is 2. The fraction of sp³-hybridized carbons (Fsp3) is 0.792. The molecular weight excluding hydrogens is 1100 g/mol. The Morgan fingerprint density at radius 2 is 0.736 bits per heavy atom. The van der Waals surface area contributed by atoms with E-state index < -0.39 is 26.6 Å². The maximum absolute atomic E-state index is 13.6. The number of esters is 1. The number of amides is 1. The topological polar surface area (TPSA) is 114 Å². The quantitative estimate of drug-likeness (QED) is 0.0212. The standard InChI is InChI=1S/C77H141N2O7P/c1-7-10-13-16-19-22-25-27-29-31-33-35-37-39-41-43-45-47-49-51-54-57-60-63-66-69-76(80)78-74(73-85-87(82,83)84-72-71-79(4,5)6)75(68-65-62-59-56-53-24-21-18-15-12-9-3)86-77(81)70-67-64-61-58-55-52-50-48-46-44-42-40-38-36-34-32-30-28-26-23-20-17-14-11-8-2/h11,14,20,23,27-30,34,36,40,42,65,68,74-75H,7-10,12-13,15-19,21-22,24-26,31-33,35,37-39,41,43-64,66-67,69-73H2,1-6H3,(H-,78,80,82,83)/b14-11-,23-20-,29-27+,30-28-,36-34-,42-40-,68-65+. The lowest BCUT2D eigenvalue weighted by molar-refractivity contribution is -0.870. The van der Waals surface area contributed by atoms with Gasteiger partial charge < -0.3 is 28.5 Å². The highest BCUT2D eigenvalue weighted by Crippen LogP contribution is 2.38. The second kappa shape index (κ2) is 66.1. The number of carbonyl (C=O) groups excluding carboxylic acids is 2. The van der Waals surface area contributed by atoms with Crippen molar-refractivity contribution in [2.45, 2.75) is 354 Å². The highest BCUT2D eigenvalue weighted by atomic mass is 31.2. The minimum absolute atomic E-state index is 0.0249. The zero-order valence-electron chi connectivity index (χ0n) is 58.0. The van der Waals surface area contributed by atoms with Crippen LogP contribution in [0.5, 0.6) is 0 Å². The third-order valence-electron chi connectivity index (χ3n) is 16.3. The zero-order chi connectivity index (χ0) is 63.5. The zero-order valence-corrected chi connectivity index (χ0v) is 58.9. The summed E-state index contributed by atoms with van der Waals surface area (Å²) >= 11 is 0. The summed E-state index contributed by atoms with van der Waals surface area (Å²) in [6.07, 6.45) is 88.6. The number of phosphoric acid groups is 1. The van der Waals surface area contributed by atoms with Crippen LogP contribution in [-0.4, -0.2) is 69.4 Å². The lowest BCUT2D eigenvalue weighted by Crippen LogP contribution is -2.47. The Labute approximate surface area is 539 Å². The molecule has 1 amide bonds. The molecule has 10 heteroatoms. The number of nitrogens with one attached hydrogen (secondary N) is 1. The van der Waals surface area contributed by atoms with Crippen molar-refractivity contribution in [1.82, 2.24) is 5.32 Å². The largest absolute Gasteiger partial charge is 0.756 e. The Hall–Kier alpha value is -2.81. The average molecular weight is 1240 g/mol. The molecule has 0 radical (unpaired) electrons. The first kappa shape index (κ1) is 84.2. The highest BCUT2D eigenvalue weighted by Gasteiger charge is 2.27. The van der Waals surface area contributed by atoms with Crippen LogP contribution in [0.3, 0.4) is 0 Å². The van der Waals surface area contributed by atoms with Gasteiger partial charge in [-0.3, -0.25) is 14.2 Å². The smallest absolute Gasteiger partial charge is 0.306 e. The van der Waals surface area contributed by atoms with Crippen molar-refractivity contribution >= 4 is 19.7 Å². The average Bonchev–Trinajstić information content (AvgIpc) is 3.70. The van der Waals surface area contributed by atoms with Crippen molar-refractivity contribution in [2.75, 3.05) is 40.9 Å². The Kier molecular flexibility index (Phi) is 64.0. The first-order valence-corrected chi connectivity index (χ1v) is 38.4. The summed E-state index contributed by atoms with van der Waals surface area (Å²) in [7, 11) is 1.18. The molecule has 3 atom stereocenters. The number of allylic oxidation sites excluding steroid dienone is 13. The van der Waals surface area contributed by atoms with Crippen LogP contribution in [-0.2, 0) is 27.9 Å². The predicted octanol–water partition coefficient (Wildman–Crippen LogP) is 23.0. The van der Waals surface area contributed by atoms with E-state index in [9.17, 15) is 19.0 Å². The van der Waals surface area contributed by atoms with Crippen molar-refractivity contribution in [3.63, 3.8) is 0 Å². The first-order chi connectivity index (χ1) is 42.4. The molecule has 1 N–H and O–H groups in total. The van der Waals surface area contributed by atoms with E-state index in [-0.39, 0.29) is 24.9 Å². The number of phosphoric ester groups is 1. The van der Waals surface area contributed by atoms with Gasteiger partial charge in [-0.15, -0.1) is 0 Å². The van der Waals surface area contributed by atoms with E-state index in [2.05, 4.69) is 99.0 Å². The molecule has 0 bridgehead atoms. The van der Waals surface area contributed by atoms with Gasteiger partial charge in [-0.2, -0.15) is 0 Å². The van der Waals surface area contributed by atoms with E-state index in [4.69, 9.17) is 13.8 Å². The lowest BCUT2D eigenvalue weighted by atomic mass is 10.0. The van der Waals surface area contributed by atoms with E-state index in [1.54, 1.807) is 0 Å². The van der Waals surface area contributed by atoms with Crippen molar-refractivity contribution in [3.8, 4) is 0 Å². The van der Waals surface area contributed by atoms with Crippen molar-refractivity contribution in [3.05, 3.63) is 85.1 Å². The Morgan fingerprint density at radius 3 is 1.11 bits per heavy atom. The first-order valence-electron chi connectivity index (χ1n) is 36.9. The molecule has 3 unspecified atom stereocenters. The Morgan fingerprint density at radius 1 is 0.414 bits per heavy atom. The van der Waals surface area contributed by atoms with E-state index in [1.165, 1.54) is 205 Å². The molecule has 0 aliphatic heterocycles. The monoisotopic (exact) mass is 1240 g/mol. The molecule has 0 aromatic carbocycles. The van der Waals surface area contributed by atoms with Crippen LogP contribution >= 0.6 is 7.82 Å². The van der Waals surface area contributed by atoms with E-state index in [0.29, 0.717) is 17.4 Å². The van der Waals surface area contributed by atoms with Crippen LogP contribution in [0.25, 0.3) is 0 Å². The molecule has 9 nitrogen and oxygen atoms in total. The molecule has 0 aromatic heterocycles. The molecule has 0 fully saturated rings. The van der Waals surface area contributed by atoms with Crippen LogP contribution in [0.2, 0.25) is 0 Å². The number of rotatable bonds is 67. The fourth-order valence-electron chi connectivity index (χ4n) is 10.7. The SMILES string of the molecule is CC/C=C\C/C=C\C/C=C\C/C=C\C/C=C\CCCCCCCCCCCC(=O)OC(/C=C/CCCCCCCCCCC)C(COP(=O)([O-])OCC[N+](C)(C)C)NC(=O)CCCCCCCCCCCCCCCCC/C=C/CCCCCCCC. The van der Waals surface area contributed by atoms with Gasteiger partial charge in [-0.1, -0.05) is 312 Å². The van der Waals surface area contributed by atoms with E-state index in [0.717, 1.165) is 103 Å². The van der Waals surface area contributed by atoms with Crippen LogP contribution < -0.4 is 10.2 Å². The van der Waals surface area contributed by atoms with Gasteiger partial charge >= 0.3 is 5.97 Å². The molecule has 0 saturated heterocycles. The second-order valence-electron chi connectivity index (χ2n) is 26.1. The number of likely N-dealkylation sites (N-methyl/N-ethyl adjacent to an activating group) is 1. The predicted molar refractivity (Wildman–Crippen MR) is 376 cm³/mol. The third-order valence-corrected chi connectivity index (χ3v) is 17.3. The number of ether oxygens (including phenoxy) is 1. The number of hydrogen-bond acceptors (Lipinski definition) is 7. The van der Waals surface area contributed by atoms with Crippen molar-refractivity contribution in [1.29, 1.82) is 0 Å². The van der Waals surface area contributed by atoms with Gasteiger partial charge in [-0.05, 0) is 102 Å². The van der Waals surface area contributed by atoms with E-state index >= 15 is 0 Å². The second-order valence-corrected chi connectivity index (χ2v) is 27.5. The molecule has 0 heterocycles. The molecule has 0 saturated carbocycles. The minimum atomic E-state index is -4.71. The highest BCUT2D eigenvalue weighted by molar-refractivity contribution is 7.45. The minimum Gasteiger partial charge on any atom is -0.756 e. The maximum atomic E-state index is 13.6. The summed E-state index contributed by atoms with van der Waals surface area (Å²) < 4.78 is 30.5. The summed E-state index contributed by atoms with van der Waals surface area (Å²) in [6.45, 7) is 6.75. The lowest BCUT2D eigenvalue weighted by Gasteiger charge is -2.30. The number of hydrogen-bond donors (Lipinski definition) is 1. The molecular formula is C77H141N2O7P. The fourth-order valence-corrected chi connectivity index (χ4v) is 11.4. The summed E-state index contributed by atoms with van der Waals surface area (Å²) in [4.78, 5) is 40.2. The molecule has 0 rings (SSSR count). The molecule has 0 aliphatic carbocycles.